The van der Waals surface area contributed by atoms with Crippen molar-refractivity contribution < 1.29 is 31.6 Å². The van der Waals surface area contributed by atoms with Gasteiger partial charge in [-0.3, -0.25) is 4.79 Å². The molecule has 0 unspecified atom stereocenters. The molecule has 0 saturated heterocycles. The zero-order valence-electron chi connectivity index (χ0n) is 22.1. The van der Waals surface area contributed by atoms with Crippen molar-refractivity contribution in [2.45, 2.75) is 56.4 Å². The van der Waals surface area contributed by atoms with Crippen molar-refractivity contribution in [3.63, 3.8) is 0 Å². The number of esters is 1. The number of nitrogens with zero attached hydrogens (tertiary/aromatic N) is 3. The van der Waals surface area contributed by atoms with E-state index in [1.54, 1.807) is 6.92 Å². The fourth-order valence-electron chi connectivity index (χ4n) is 3.07. The lowest BCUT2D eigenvalue weighted by atomic mass is 9.99. The van der Waals surface area contributed by atoms with Gasteiger partial charge < -0.3 is 14.8 Å². The smallest absolute Gasteiger partial charge is 0.424 e. The Balaban J connectivity index is 1.81. The van der Waals surface area contributed by atoms with Crippen LogP contribution in [0.2, 0.25) is 5.15 Å². The summed E-state index contributed by atoms with van der Waals surface area (Å²) >= 11 is 6.32. The summed E-state index contributed by atoms with van der Waals surface area (Å²) in [6.45, 7) is 3.10. The Kier molecular flexibility index (Phi) is 5.96. The number of nitrogens with one attached hydrogen (secondary N) is 1. The van der Waals surface area contributed by atoms with Gasteiger partial charge in [0.05, 0.1) is 16.9 Å². The van der Waals surface area contributed by atoms with Gasteiger partial charge in [0.2, 0.25) is 5.95 Å². The minimum atomic E-state index is -4.78. The molecule has 0 radical (unpaired) electrons. The largest absolute Gasteiger partial charge is 0.465 e. The van der Waals surface area contributed by atoms with E-state index in [4.69, 9.17) is 25.2 Å². The molecule has 1 heterocycles. The molecule has 10 nitrogen and oxygen atoms in total. The highest BCUT2D eigenvalue weighted by molar-refractivity contribution is 7.89. The number of aromatic nitrogens is 2. The molecule has 34 heavy (non-hydrogen) atoms. The molecule has 0 aliphatic heterocycles. The van der Waals surface area contributed by atoms with E-state index in [1.807, 2.05) is 0 Å². The molecule has 1 aromatic carbocycles. The molecule has 0 bridgehead atoms. The molecular weight excluding hydrogens is 484 g/mol. The molecule has 0 spiro atoms. The van der Waals surface area contributed by atoms with Crippen LogP contribution >= 0.6 is 11.6 Å². The molecule has 12 heteroatoms. The third-order valence-electron chi connectivity index (χ3n) is 4.88. The Labute approximate surface area is 207 Å². The van der Waals surface area contributed by atoms with Gasteiger partial charge in [-0.15, -0.1) is 0 Å². The molecule has 1 N–H and O–H groups in total. The van der Waals surface area contributed by atoms with Crippen molar-refractivity contribution in [1.82, 2.24) is 14.3 Å². The number of hydrogen-bond acceptors (Lipinski definition) is 9. The average Bonchev–Trinajstić information content (AvgIpc) is 3.53. The van der Waals surface area contributed by atoms with Crippen molar-refractivity contribution in [2.24, 2.45) is 0 Å². The van der Waals surface area contributed by atoms with Crippen molar-refractivity contribution in [1.29, 1.82) is 0 Å². The number of amides is 1. The Morgan fingerprint density at radius 3 is 2.41 bits per heavy atom. The fraction of sp³-hybridized carbons (Fsp3) is 0.455. The number of rotatable bonds is 7. The number of ether oxygens (including phenoxy) is 2. The van der Waals surface area contributed by atoms with Crippen LogP contribution in [0.25, 0.3) is 0 Å². The van der Waals surface area contributed by atoms with Crippen LogP contribution in [0.4, 0.5) is 16.4 Å². The standard InChI is InChI=1S/C22H27ClN4O6S/c1-6-32-18(28)22(11-12-22)16-13-24-19(26-17(16)23)25-14-7-9-15(10-8-14)34(30,31)27(5)20(29)33-21(2,3)4/h7-10,13H,6,11-12H2,1-5H3,(H,24,25,26)/i5D3. The summed E-state index contributed by atoms with van der Waals surface area (Å²) in [6, 6.07) is 4.92. The summed E-state index contributed by atoms with van der Waals surface area (Å²) in [7, 11) is -4.78. The second kappa shape index (κ2) is 9.38. The molecule has 1 saturated carbocycles. The highest BCUT2D eigenvalue weighted by Gasteiger charge is 2.54. The number of hydrogen-bond donors (Lipinski definition) is 1. The quantitative estimate of drug-likeness (QED) is 0.431. The van der Waals surface area contributed by atoms with Gasteiger partial charge in [0.15, 0.2) is 0 Å². The average molecular weight is 514 g/mol. The predicted molar refractivity (Wildman–Crippen MR) is 125 cm³/mol. The summed E-state index contributed by atoms with van der Waals surface area (Å²) in [4.78, 5) is 32.7. The minimum Gasteiger partial charge on any atom is -0.465 e. The van der Waals surface area contributed by atoms with Crippen LogP contribution < -0.4 is 5.32 Å². The molecule has 1 aliphatic rings. The molecule has 1 aromatic heterocycles. The summed E-state index contributed by atoms with van der Waals surface area (Å²) in [5.74, 6) is -0.294. The second-order valence-corrected chi connectivity index (χ2v) is 10.7. The van der Waals surface area contributed by atoms with E-state index in [0.717, 1.165) is 12.1 Å². The first-order chi connectivity index (χ1) is 17.0. The third-order valence-corrected chi connectivity index (χ3v) is 6.67. The first-order valence-electron chi connectivity index (χ1n) is 11.9. The normalized spacial score (nSPS) is 16.4. The maximum Gasteiger partial charge on any atom is 0.424 e. The summed E-state index contributed by atoms with van der Waals surface area (Å²) in [5.41, 5.74) is -1.14. The van der Waals surface area contributed by atoms with Gasteiger partial charge in [-0.05, 0) is 64.8 Å². The van der Waals surface area contributed by atoms with Crippen LogP contribution in [-0.2, 0) is 29.7 Å². The van der Waals surface area contributed by atoms with Crippen LogP contribution in [0.3, 0.4) is 0 Å². The Morgan fingerprint density at radius 2 is 1.91 bits per heavy atom. The summed E-state index contributed by atoms with van der Waals surface area (Å²) in [5, 5.41) is 2.93. The second-order valence-electron chi connectivity index (χ2n) is 8.60. The summed E-state index contributed by atoms with van der Waals surface area (Å²) in [6.07, 6.45) is 1.08. The van der Waals surface area contributed by atoms with Crippen molar-refractivity contribution in [3.8, 4) is 0 Å². The first-order valence-corrected chi connectivity index (χ1v) is 12.2. The monoisotopic (exact) mass is 513 g/mol. The topological polar surface area (TPSA) is 128 Å². The minimum absolute atomic E-state index is 0.0768. The van der Waals surface area contributed by atoms with E-state index in [9.17, 15) is 18.0 Å². The van der Waals surface area contributed by atoms with E-state index < -0.39 is 39.0 Å². The lowest BCUT2D eigenvalue weighted by Crippen LogP contribution is -2.38. The van der Waals surface area contributed by atoms with Gasteiger partial charge in [-0.25, -0.2) is 27.5 Å². The first kappa shape index (κ1) is 21.6. The molecule has 184 valence electrons. The molecule has 1 fully saturated rings. The van der Waals surface area contributed by atoms with Gasteiger partial charge in [-0.1, -0.05) is 11.6 Å². The van der Waals surface area contributed by atoms with Crippen LogP contribution in [0.1, 0.15) is 50.2 Å². The third kappa shape index (κ3) is 5.41. The summed E-state index contributed by atoms with van der Waals surface area (Å²) < 4.78 is 58.6. The van der Waals surface area contributed by atoms with Gasteiger partial charge in [0, 0.05) is 28.5 Å². The van der Waals surface area contributed by atoms with E-state index in [-0.39, 0.29) is 28.0 Å². The number of anilines is 2. The molecular formula is C22H27ClN4O6S. The van der Waals surface area contributed by atoms with Crippen molar-refractivity contribution in [3.05, 3.63) is 41.2 Å². The molecule has 3 rings (SSSR count). The lowest BCUT2D eigenvalue weighted by Gasteiger charge is -2.24. The number of carbonyl (C=O) groups is 2. The number of halogens is 1. The van der Waals surface area contributed by atoms with Gasteiger partial charge in [0.1, 0.15) is 10.8 Å². The van der Waals surface area contributed by atoms with Gasteiger partial charge in [-0.2, -0.15) is 0 Å². The Bertz CT molecular complexity index is 1290. The molecule has 1 amide bonds. The SMILES string of the molecule is [2H]C([2H])([2H])N(C(=O)OC(C)(C)C)S(=O)(=O)c1ccc(Nc2ncc(C3(C(=O)OCC)CC3)c(Cl)n2)cc1. The number of benzene rings is 1. The lowest BCUT2D eigenvalue weighted by molar-refractivity contribution is -0.146. The van der Waals surface area contributed by atoms with E-state index in [1.165, 1.54) is 39.1 Å². The van der Waals surface area contributed by atoms with Crippen LogP contribution in [0.15, 0.2) is 35.4 Å². The fourth-order valence-corrected chi connectivity index (χ4v) is 4.30. The Morgan fingerprint density at radius 1 is 1.26 bits per heavy atom. The van der Waals surface area contributed by atoms with Crippen LogP contribution in [0, 0.1) is 0 Å². The molecule has 0 atom stereocenters. The Hall–Kier alpha value is -2.92. The van der Waals surface area contributed by atoms with E-state index >= 15 is 0 Å². The van der Waals surface area contributed by atoms with E-state index in [0.29, 0.717) is 24.1 Å². The van der Waals surface area contributed by atoms with Crippen molar-refractivity contribution >= 4 is 45.3 Å². The zero-order chi connectivity index (χ0) is 27.8. The van der Waals surface area contributed by atoms with Crippen molar-refractivity contribution in [2.75, 3.05) is 18.9 Å². The van der Waals surface area contributed by atoms with Crippen LogP contribution in [-0.4, -0.2) is 53.9 Å². The van der Waals surface area contributed by atoms with Crippen LogP contribution in [0.5, 0.6) is 0 Å². The molecule has 1 aliphatic carbocycles. The van der Waals surface area contributed by atoms with Gasteiger partial charge >= 0.3 is 12.1 Å². The predicted octanol–water partition coefficient (Wildman–Crippen LogP) is 4.02. The highest BCUT2D eigenvalue weighted by Crippen LogP contribution is 2.51. The maximum absolute atomic E-state index is 13.0. The zero-order valence-corrected chi connectivity index (χ0v) is 20.7. The number of sulfonamides is 1. The molecule has 2 aromatic rings. The maximum atomic E-state index is 13.0. The van der Waals surface area contributed by atoms with E-state index in [2.05, 4.69) is 15.3 Å². The number of carbonyl (C=O) groups excluding carboxylic acids is 2. The highest BCUT2D eigenvalue weighted by atomic mass is 35.5. The van der Waals surface area contributed by atoms with Gasteiger partial charge in [0.25, 0.3) is 10.0 Å².